The zero-order chi connectivity index (χ0) is 15.9. The highest BCUT2D eigenvalue weighted by atomic mass is 35.5. The van der Waals surface area contributed by atoms with Crippen LogP contribution < -0.4 is 0 Å². The Labute approximate surface area is 139 Å². The lowest BCUT2D eigenvalue weighted by atomic mass is 9.82. The summed E-state index contributed by atoms with van der Waals surface area (Å²) in [4.78, 5) is 11.4. The highest BCUT2D eigenvalue weighted by Crippen LogP contribution is 2.36. The Hall–Kier alpha value is -1.02. The van der Waals surface area contributed by atoms with Crippen molar-refractivity contribution < 1.29 is 9.53 Å². The Morgan fingerprint density at radius 2 is 2.05 bits per heavy atom. The van der Waals surface area contributed by atoms with E-state index in [1.54, 1.807) is 0 Å². The van der Waals surface area contributed by atoms with Crippen LogP contribution in [-0.2, 0) is 9.53 Å². The smallest absolute Gasteiger partial charge is 0.305 e. The van der Waals surface area contributed by atoms with E-state index in [2.05, 4.69) is 25.1 Å². The number of benzene rings is 1. The monoisotopic (exact) mass is 322 g/mol. The molecule has 1 aliphatic carbocycles. The van der Waals surface area contributed by atoms with Gasteiger partial charge in [-0.25, -0.2) is 0 Å². The molecule has 2 nitrogen and oxygen atoms in total. The van der Waals surface area contributed by atoms with Gasteiger partial charge in [0, 0.05) is 6.42 Å². The number of alkyl halides is 1. The molecule has 0 aliphatic heterocycles. The fraction of sp³-hybridized carbons (Fsp3) is 0.632. The van der Waals surface area contributed by atoms with Gasteiger partial charge in [0.15, 0.2) is 0 Å². The van der Waals surface area contributed by atoms with Crippen molar-refractivity contribution in [1.82, 2.24) is 0 Å². The Morgan fingerprint density at radius 3 is 2.68 bits per heavy atom. The molecule has 3 heteroatoms. The van der Waals surface area contributed by atoms with E-state index in [0.717, 1.165) is 11.5 Å². The summed E-state index contributed by atoms with van der Waals surface area (Å²) in [6.07, 6.45) is 7.72. The molecule has 0 bridgehead atoms. The lowest BCUT2D eigenvalue weighted by Crippen LogP contribution is -2.07. The van der Waals surface area contributed by atoms with E-state index >= 15 is 0 Å². The number of hydrogen-bond acceptors (Lipinski definition) is 2. The number of aryl methyl sites for hydroxylation is 1. The van der Waals surface area contributed by atoms with Crippen LogP contribution >= 0.6 is 11.6 Å². The largest absolute Gasteiger partial charge is 0.466 e. The first-order valence-corrected chi connectivity index (χ1v) is 8.95. The van der Waals surface area contributed by atoms with Gasteiger partial charge in [0.1, 0.15) is 0 Å². The summed E-state index contributed by atoms with van der Waals surface area (Å²) in [6.45, 7) is 4.44. The Morgan fingerprint density at radius 1 is 1.32 bits per heavy atom. The molecule has 0 spiro atoms. The van der Waals surface area contributed by atoms with Gasteiger partial charge >= 0.3 is 5.97 Å². The number of esters is 1. The average Bonchev–Trinajstić information content (AvgIpc) is 2.53. The molecule has 0 aromatic heterocycles. The molecule has 0 N–H and O–H groups in total. The summed E-state index contributed by atoms with van der Waals surface area (Å²) in [5, 5.41) is -0.122. The molecule has 0 saturated heterocycles. The highest BCUT2D eigenvalue weighted by molar-refractivity contribution is 6.20. The maximum absolute atomic E-state index is 11.4. The van der Waals surface area contributed by atoms with Gasteiger partial charge in [0.2, 0.25) is 0 Å². The Balaban J connectivity index is 1.97. The van der Waals surface area contributed by atoms with Gasteiger partial charge in [-0.3, -0.25) is 4.79 Å². The molecular weight excluding hydrogens is 296 g/mol. The number of carbonyl (C=O) groups is 1. The minimum absolute atomic E-state index is 0.122. The van der Waals surface area contributed by atoms with Gasteiger partial charge in [-0.05, 0) is 55.7 Å². The summed E-state index contributed by atoms with van der Waals surface area (Å²) >= 11 is 6.45. The molecule has 1 fully saturated rings. The molecule has 1 unspecified atom stereocenters. The van der Waals surface area contributed by atoms with Crippen molar-refractivity contribution in [2.75, 3.05) is 6.61 Å². The molecule has 1 aromatic rings. The third-order valence-corrected chi connectivity index (χ3v) is 5.08. The van der Waals surface area contributed by atoms with Crippen molar-refractivity contribution in [2.45, 2.75) is 70.1 Å². The van der Waals surface area contributed by atoms with Crippen LogP contribution in [0.3, 0.4) is 0 Å². The molecule has 1 aliphatic rings. The van der Waals surface area contributed by atoms with E-state index < -0.39 is 0 Å². The zero-order valence-electron chi connectivity index (χ0n) is 13.7. The van der Waals surface area contributed by atoms with Gasteiger partial charge in [0.25, 0.3) is 0 Å². The maximum atomic E-state index is 11.4. The third-order valence-electron chi connectivity index (χ3n) is 4.61. The molecular formula is C19H27ClO2. The van der Waals surface area contributed by atoms with Crippen molar-refractivity contribution in [3.63, 3.8) is 0 Å². The SMILES string of the molecule is CCOC(=O)CCC(Cl)c1ccc(C2CCCCC2)c(C)c1. The van der Waals surface area contributed by atoms with E-state index in [-0.39, 0.29) is 11.3 Å². The minimum Gasteiger partial charge on any atom is -0.466 e. The Bertz CT molecular complexity index is 492. The first-order chi connectivity index (χ1) is 10.6. The molecule has 1 aromatic carbocycles. The molecule has 122 valence electrons. The van der Waals surface area contributed by atoms with E-state index in [1.807, 2.05) is 6.92 Å². The van der Waals surface area contributed by atoms with E-state index in [1.165, 1.54) is 43.2 Å². The second-order valence-corrected chi connectivity index (χ2v) is 6.79. The second-order valence-electron chi connectivity index (χ2n) is 6.26. The predicted octanol–water partition coefficient (Wildman–Crippen LogP) is 5.67. The first kappa shape index (κ1) is 17.3. The molecule has 22 heavy (non-hydrogen) atoms. The van der Waals surface area contributed by atoms with Gasteiger partial charge < -0.3 is 4.74 Å². The van der Waals surface area contributed by atoms with Crippen LogP contribution in [0.5, 0.6) is 0 Å². The van der Waals surface area contributed by atoms with Gasteiger partial charge in [-0.15, -0.1) is 11.6 Å². The topological polar surface area (TPSA) is 26.3 Å². The molecule has 0 amide bonds. The molecule has 1 saturated carbocycles. The van der Waals surface area contributed by atoms with Crippen molar-refractivity contribution in [3.05, 3.63) is 34.9 Å². The van der Waals surface area contributed by atoms with E-state index in [4.69, 9.17) is 16.3 Å². The van der Waals surface area contributed by atoms with Crippen LogP contribution in [-0.4, -0.2) is 12.6 Å². The molecule has 1 atom stereocenters. The lowest BCUT2D eigenvalue weighted by molar-refractivity contribution is -0.143. The molecule has 2 rings (SSSR count). The van der Waals surface area contributed by atoms with Crippen LogP contribution in [0.15, 0.2) is 18.2 Å². The summed E-state index contributed by atoms with van der Waals surface area (Å²) in [7, 11) is 0. The second kappa shape index (κ2) is 8.57. The summed E-state index contributed by atoms with van der Waals surface area (Å²) in [5.74, 6) is 0.555. The quantitative estimate of drug-likeness (QED) is 0.498. The van der Waals surface area contributed by atoms with Crippen molar-refractivity contribution in [2.24, 2.45) is 0 Å². The molecule has 0 radical (unpaired) electrons. The summed E-state index contributed by atoms with van der Waals surface area (Å²) in [6, 6.07) is 6.59. The average molecular weight is 323 g/mol. The summed E-state index contributed by atoms with van der Waals surface area (Å²) in [5.41, 5.74) is 3.94. The molecule has 0 heterocycles. The van der Waals surface area contributed by atoms with Crippen LogP contribution in [0.1, 0.15) is 79.9 Å². The van der Waals surface area contributed by atoms with E-state index in [0.29, 0.717) is 19.4 Å². The van der Waals surface area contributed by atoms with Crippen LogP contribution in [0.25, 0.3) is 0 Å². The maximum Gasteiger partial charge on any atom is 0.305 e. The zero-order valence-corrected chi connectivity index (χ0v) is 14.5. The van der Waals surface area contributed by atoms with E-state index in [9.17, 15) is 4.79 Å². The number of hydrogen-bond donors (Lipinski definition) is 0. The van der Waals surface area contributed by atoms with Crippen LogP contribution in [0.2, 0.25) is 0 Å². The lowest BCUT2D eigenvalue weighted by Gasteiger charge is -2.24. The summed E-state index contributed by atoms with van der Waals surface area (Å²) < 4.78 is 4.95. The fourth-order valence-corrected chi connectivity index (χ4v) is 3.65. The van der Waals surface area contributed by atoms with Gasteiger partial charge in [0.05, 0.1) is 12.0 Å². The predicted molar refractivity (Wildman–Crippen MR) is 91.5 cm³/mol. The Kier molecular flexibility index (Phi) is 6.75. The number of rotatable bonds is 6. The number of ether oxygens (including phenoxy) is 1. The fourth-order valence-electron chi connectivity index (χ4n) is 3.41. The van der Waals surface area contributed by atoms with Crippen molar-refractivity contribution in [1.29, 1.82) is 0 Å². The number of halogens is 1. The van der Waals surface area contributed by atoms with Crippen molar-refractivity contribution in [3.8, 4) is 0 Å². The van der Waals surface area contributed by atoms with Crippen molar-refractivity contribution >= 4 is 17.6 Å². The van der Waals surface area contributed by atoms with Crippen LogP contribution in [0, 0.1) is 6.92 Å². The number of carbonyl (C=O) groups excluding carboxylic acids is 1. The normalized spacial score (nSPS) is 17.2. The standard InChI is InChI=1S/C19H27ClO2/c1-3-22-19(21)12-11-18(20)16-9-10-17(14(2)13-16)15-7-5-4-6-8-15/h9-10,13,15,18H,3-8,11-12H2,1-2H3. The third kappa shape index (κ3) is 4.74. The minimum atomic E-state index is -0.163. The first-order valence-electron chi connectivity index (χ1n) is 8.52. The van der Waals surface area contributed by atoms with Gasteiger partial charge in [-0.2, -0.15) is 0 Å². The highest BCUT2D eigenvalue weighted by Gasteiger charge is 2.18. The van der Waals surface area contributed by atoms with Crippen LogP contribution in [0.4, 0.5) is 0 Å². The van der Waals surface area contributed by atoms with Gasteiger partial charge in [-0.1, -0.05) is 37.5 Å².